The molecule has 4 heteroatoms. The molecular formula is C16H17ClFNO. The van der Waals surface area contributed by atoms with Gasteiger partial charge < -0.3 is 10.1 Å². The highest BCUT2D eigenvalue weighted by Crippen LogP contribution is 2.22. The molecule has 0 amide bonds. The van der Waals surface area contributed by atoms with Gasteiger partial charge in [-0.1, -0.05) is 42.8 Å². The second-order valence-electron chi connectivity index (χ2n) is 4.41. The highest BCUT2D eigenvalue weighted by atomic mass is 35.5. The topological polar surface area (TPSA) is 21.3 Å². The molecule has 0 saturated carbocycles. The highest BCUT2D eigenvalue weighted by Gasteiger charge is 2.04. The molecule has 0 atom stereocenters. The maximum atomic E-state index is 13.1. The first-order chi connectivity index (χ1) is 9.70. The molecule has 0 saturated heterocycles. The maximum Gasteiger partial charge on any atom is 0.142 e. The Hall–Kier alpha value is -1.58. The fourth-order valence-corrected chi connectivity index (χ4v) is 2.03. The molecule has 2 aromatic carbocycles. The average molecular weight is 294 g/mol. The highest BCUT2D eigenvalue weighted by molar-refractivity contribution is 6.30. The predicted octanol–water partition coefficient (Wildman–Crippen LogP) is 4.17. The third-order valence-corrected chi connectivity index (χ3v) is 3.26. The monoisotopic (exact) mass is 293 g/mol. The fraction of sp³-hybridized carbons (Fsp3) is 0.250. The van der Waals surface area contributed by atoms with E-state index in [0.717, 1.165) is 18.7 Å². The SMILES string of the molecule is CCNCc1ccccc1COc1ccc(F)c(Cl)c1. The molecule has 0 aromatic heterocycles. The first kappa shape index (κ1) is 14.8. The molecule has 0 aliphatic heterocycles. The van der Waals surface area contributed by atoms with Gasteiger partial charge in [-0.25, -0.2) is 4.39 Å². The number of rotatable bonds is 6. The summed E-state index contributed by atoms with van der Waals surface area (Å²) >= 11 is 5.73. The van der Waals surface area contributed by atoms with Crippen molar-refractivity contribution in [2.75, 3.05) is 6.54 Å². The van der Waals surface area contributed by atoms with Crippen LogP contribution in [0.25, 0.3) is 0 Å². The van der Waals surface area contributed by atoms with Crippen LogP contribution in [0.15, 0.2) is 42.5 Å². The van der Waals surface area contributed by atoms with Crippen molar-refractivity contribution in [1.82, 2.24) is 5.32 Å². The van der Waals surface area contributed by atoms with Crippen LogP contribution in [0.3, 0.4) is 0 Å². The number of halogens is 2. The molecule has 20 heavy (non-hydrogen) atoms. The van der Waals surface area contributed by atoms with Gasteiger partial charge in [-0.15, -0.1) is 0 Å². The van der Waals surface area contributed by atoms with Gasteiger partial charge in [-0.05, 0) is 29.8 Å². The van der Waals surface area contributed by atoms with Gasteiger partial charge in [0.2, 0.25) is 0 Å². The Balaban J connectivity index is 2.04. The molecule has 0 aliphatic rings. The van der Waals surface area contributed by atoms with Crippen molar-refractivity contribution in [2.24, 2.45) is 0 Å². The smallest absolute Gasteiger partial charge is 0.142 e. The van der Waals surface area contributed by atoms with Gasteiger partial charge in [0.15, 0.2) is 0 Å². The van der Waals surface area contributed by atoms with Crippen molar-refractivity contribution in [2.45, 2.75) is 20.1 Å². The summed E-state index contributed by atoms with van der Waals surface area (Å²) in [5, 5.41) is 3.37. The zero-order chi connectivity index (χ0) is 14.4. The first-order valence-corrected chi connectivity index (χ1v) is 6.94. The van der Waals surface area contributed by atoms with Crippen LogP contribution in [0.4, 0.5) is 4.39 Å². The van der Waals surface area contributed by atoms with Crippen LogP contribution in [0.1, 0.15) is 18.1 Å². The van der Waals surface area contributed by atoms with Gasteiger partial charge in [-0.3, -0.25) is 0 Å². The minimum Gasteiger partial charge on any atom is -0.489 e. The molecule has 106 valence electrons. The van der Waals surface area contributed by atoms with Crippen LogP contribution in [0.5, 0.6) is 5.75 Å². The molecule has 0 aliphatic carbocycles. The molecule has 0 heterocycles. The summed E-state index contributed by atoms with van der Waals surface area (Å²) in [6, 6.07) is 12.5. The first-order valence-electron chi connectivity index (χ1n) is 6.56. The summed E-state index contributed by atoms with van der Waals surface area (Å²) in [6.07, 6.45) is 0. The molecule has 2 aromatic rings. The summed E-state index contributed by atoms with van der Waals surface area (Å²) in [7, 11) is 0. The lowest BCUT2D eigenvalue weighted by Gasteiger charge is -2.11. The Bertz CT molecular complexity index is 574. The van der Waals surface area contributed by atoms with Crippen molar-refractivity contribution in [1.29, 1.82) is 0 Å². The summed E-state index contributed by atoms with van der Waals surface area (Å²) in [4.78, 5) is 0. The van der Waals surface area contributed by atoms with Crippen molar-refractivity contribution >= 4 is 11.6 Å². The summed E-state index contributed by atoms with van der Waals surface area (Å²) in [5.74, 6) is 0.126. The molecule has 0 radical (unpaired) electrons. The second-order valence-corrected chi connectivity index (χ2v) is 4.82. The molecular weight excluding hydrogens is 277 g/mol. The molecule has 2 rings (SSSR count). The minimum atomic E-state index is -0.438. The largest absolute Gasteiger partial charge is 0.489 e. The normalized spacial score (nSPS) is 10.6. The summed E-state index contributed by atoms with van der Waals surface area (Å²) < 4.78 is 18.7. The van der Waals surface area contributed by atoms with E-state index in [1.165, 1.54) is 17.7 Å². The van der Waals surface area contributed by atoms with Gasteiger partial charge in [0.25, 0.3) is 0 Å². The molecule has 2 nitrogen and oxygen atoms in total. The van der Waals surface area contributed by atoms with Crippen molar-refractivity contribution in [3.8, 4) is 5.75 Å². The van der Waals surface area contributed by atoms with Crippen molar-refractivity contribution in [3.63, 3.8) is 0 Å². The lowest BCUT2D eigenvalue weighted by molar-refractivity contribution is 0.304. The molecule has 0 spiro atoms. The van der Waals surface area contributed by atoms with E-state index >= 15 is 0 Å². The van der Waals surface area contributed by atoms with E-state index < -0.39 is 5.82 Å². The molecule has 1 N–H and O–H groups in total. The third-order valence-electron chi connectivity index (χ3n) is 2.97. The average Bonchev–Trinajstić information content (AvgIpc) is 2.47. The number of benzene rings is 2. The lowest BCUT2D eigenvalue weighted by Crippen LogP contribution is -2.13. The zero-order valence-corrected chi connectivity index (χ0v) is 12.1. The van der Waals surface area contributed by atoms with Gasteiger partial charge >= 0.3 is 0 Å². The van der Waals surface area contributed by atoms with Crippen molar-refractivity contribution in [3.05, 3.63) is 64.4 Å². The van der Waals surface area contributed by atoms with E-state index in [4.69, 9.17) is 16.3 Å². The number of nitrogens with one attached hydrogen (secondary N) is 1. The van der Waals surface area contributed by atoms with Gasteiger partial charge in [0, 0.05) is 12.6 Å². The second kappa shape index (κ2) is 7.27. The van der Waals surface area contributed by atoms with E-state index in [0.29, 0.717) is 12.4 Å². The summed E-state index contributed by atoms with van der Waals surface area (Å²) in [6.45, 7) is 4.23. The van der Waals surface area contributed by atoms with E-state index in [-0.39, 0.29) is 5.02 Å². The van der Waals surface area contributed by atoms with Crippen LogP contribution in [0.2, 0.25) is 5.02 Å². The van der Waals surface area contributed by atoms with E-state index in [2.05, 4.69) is 18.3 Å². The van der Waals surface area contributed by atoms with Crippen LogP contribution in [-0.2, 0) is 13.2 Å². The van der Waals surface area contributed by atoms with E-state index in [9.17, 15) is 4.39 Å². The maximum absolute atomic E-state index is 13.1. The van der Waals surface area contributed by atoms with E-state index in [1.54, 1.807) is 6.07 Å². The van der Waals surface area contributed by atoms with Crippen molar-refractivity contribution < 1.29 is 9.13 Å². The van der Waals surface area contributed by atoms with Crippen LogP contribution >= 0.6 is 11.6 Å². The third kappa shape index (κ3) is 3.95. The van der Waals surface area contributed by atoms with Crippen LogP contribution < -0.4 is 10.1 Å². The Morgan fingerprint density at radius 1 is 1.15 bits per heavy atom. The molecule has 0 bridgehead atoms. The summed E-state index contributed by atoms with van der Waals surface area (Å²) in [5.41, 5.74) is 2.30. The minimum absolute atomic E-state index is 0.0726. The quantitative estimate of drug-likeness (QED) is 0.863. The van der Waals surface area contributed by atoms with Gasteiger partial charge in [-0.2, -0.15) is 0 Å². The lowest BCUT2D eigenvalue weighted by atomic mass is 10.1. The fourth-order valence-electron chi connectivity index (χ4n) is 1.86. The molecule has 0 fully saturated rings. The van der Waals surface area contributed by atoms with Gasteiger partial charge in [0.05, 0.1) is 5.02 Å². The number of hydrogen-bond acceptors (Lipinski definition) is 2. The Morgan fingerprint density at radius 3 is 2.60 bits per heavy atom. The number of hydrogen-bond donors (Lipinski definition) is 1. The van der Waals surface area contributed by atoms with E-state index in [1.807, 2.05) is 18.2 Å². The number of ether oxygens (including phenoxy) is 1. The Morgan fingerprint density at radius 2 is 1.90 bits per heavy atom. The standard InChI is InChI=1S/C16H17ClFNO/c1-2-19-10-12-5-3-4-6-13(12)11-20-14-7-8-16(18)15(17)9-14/h3-9,19H,2,10-11H2,1H3. The molecule has 0 unspecified atom stereocenters. The van der Waals surface area contributed by atoms with Gasteiger partial charge in [0.1, 0.15) is 18.2 Å². The Labute approximate surface area is 123 Å². The zero-order valence-electron chi connectivity index (χ0n) is 11.3. The van der Waals surface area contributed by atoms with Crippen LogP contribution in [0, 0.1) is 5.82 Å². The predicted molar refractivity (Wildman–Crippen MR) is 79.6 cm³/mol. The Kier molecular flexibility index (Phi) is 5.39. The van der Waals surface area contributed by atoms with Crippen LogP contribution in [-0.4, -0.2) is 6.54 Å².